The van der Waals surface area contributed by atoms with E-state index in [9.17, 15) is 19.8 Å². The number of unbranched alkanes of at least 4 members (excludes halogenated alkanes) is 47. The van der Waals surface area contributed by atoms with Gasteiger partial charge in [-0.2, -0.15) is 0 Å². The average molecular weight is 1080 g/mol. The first-order valence-corrected chi connectivity index (χ1v) is 34.4. The second-order valence-electron chi connectivity index (χ2n) is 23.5. The van der Waals surface area contributed by atoms with Gasteiger partial charge >= 0.3 is 5.97 Å². The molecular formula is C71H133NO5. The van der Waals surface area contributed by atoms with Crippen LogP contribution in [0.4, 0.5) is 0 Å². The Balaban J connectivity index is 3.39. The molecule has 0 aromatic rings. The number of hydrogen-bond acceptors (Lipinski definition) is 5. The summed E-state index contributed by atoms with van der Waals surface area (Å²) in [5.74, 6) is -0.0623. The Morgan fingerprint density at radius 2 is 0.649 bits per heavy atom. The Kier molecular flexibility index (Phi) is 64.5. The molecule has 0 aromatic carbocycles. The molecule has 77 heavy (non-hydrogen) atoms. The quantitative estimate of drug-likeness (QED) is 0.0320. The first-order chi connectivity index (χ1) is 38.0. The minimum Gasteiger partial charge on any atom is -0.466 e. The maximum atomic E-state index is 12.5. The zero-order valence-electron chi connectivity index (χ0n) is 51.7. The van der Waals surface area contributed by atoms with Crippen LogP contribution >= 0.6 is 0 Å². The predicted octanol–water partition coefficient (Wildman–Crippen LogP) is 22.1. The number of hydrogen-bond donors (Lipinski definition) is 3. The fourth-order valence-electron chi connectivity index (χ4n) is 10.5. The van der Waals surface area contributed by atoms with Crippen molar-refractivity contribution in [2.45, 2.75) is 379 Å². The summed E-state index contributed by atoms with van der Waals surface area (Å²) in [6.45, 7) is 4.89. The summed E-state index contributed by atoms with van der Waals surface area (Å²) in [5, 5.41) is 23.2. The lowest BCUT2D eigenvalue weighted by molar-refractivity contribution is -0.143. The van der Waals surface area contributed by atoms with Crippen LogP contribution in [-0.4, -0.2) is 47.4 Å². The number of carbonyl (C=O) groups excluding carboxylic acids is 2. The van der Waals surface area contributed by atoms with Gasteiger partial charge in [0.1, 0.15) is 0 Å². The third-order valence-corrected chi connectivity index (χ3v) is 15.8. The minimum atomic E-state index is -0.844. The second-order valence-corrected chi connectivity index (χ2v) is 23.5. The first-order valence-electron chi connectivity index (χ1n) is 34.4. The smallest absolute Gasteiger partial charge is 0.305 e. The molecule has 0 saturated heterocycles. The van der Waals surface area contributed by atoms with E-state index in [4.69, 9.17) is 4.74 Å². The van der Waals surface area contributed by atoms with Crippen molar-refractivity contribution in [3.8, 4) is 0 Å². The van der Waals surface area contributed by atoms with Crippen LogP contribution in [0.1, 0.15) is 367 Å². The Bertz CT molecular complexity index is 1290. The summed E-state index contributed by atoms with van der Waals surface area (Å²) >= 11 is 0. The Labute approximate surface area is 480 Å². The van der Waals surface area contributed by atoms with Crippen LogP contribution in [0.25, 0.3) is 0 Å². The lowest BCUT2D eigenvalue weighted by atomic mass is 10.0. The number of ether oxygens (including phenoxy) is 1. The molecule has 0 aliphatic heterocycles. The van der Waals surface area contributed by atoms with Crippen molar-refractivity contribution in [3.63, 3.8) is 0 Å². The summed E-state index contributed by atoms with van der Waals surface area (Å²) in [6, 6.07) is -0.627. The van der Waals surface area contributed by atoms with E-state index in [1.807, 2.05) is 6.08 Å². The van der Waals surface area contributed by atoms with Crippen molar-refractivity contribution in [2.24, 2.45) is 0 Å². The summed E-state index contributed by atoms with van der Waals surface area (Å²) < 4.78 is 5.48. The van der Waals surface area contributed by atoms with Crippen molar-refractivity contribution >= 4 is 11.9 Å². The number of esters is 1. The Morgan fingerprint density at radius 3 is 1.03 bits per heavy atom. The summed E-state index contributed by atoms with van der Waals surface area (Å²) in [6.07, 6.45) is 86.1. The zero-order valence-corrected chi connectivity index (χ0v) is 51.7. The molecule has 0 aliphatic carbocycles. The molecule has 452 valence electrons. The number of aliphatic hydroxyl groups is 2. The van der Waals surface area contributed by atoms with Gasteiger partial charge in [-0.15, -0.1) is 0 Å². The zero-order chi connectivity index (χ0) is 55.7. The fraction of sp³-hybridized carbons (Fsp3) is 0.859. The van der Waals surface area contributed by atoms with E-state index in [1.54, 1.807) is 6.08 Å². The van der Waals surface area contributed by atoms with Crippen LogP contribution < -0.4 is 5.32 Å². The molecule has 0 bridgehead atoms. The monoisotopic (exact) mass is 1080 g/mol. The van der Waals surface area contributed by atoms with E-state index in [-0.39, 0.29) is 18.5 Å². The third-order valence-electron chi connectivity index (χ3n) is 15.8. The molecule has 0 saturated carbocycles. The molecule has 6 nitrogen and oxygen atoms in total. The lowest BCUT2D eigenvalue weighted by Gasteiger charge is -2.20. The maximum Gasteiger partial charge on any atom is 0.305 e. The number of amides is 1. The van der Waals surface area contributed by atoms with E-state index in [0.717, 1.165) is 51.4 Å². The fourth-order valence-corrected chi connectivity index (χ4v) is 10.5. The molecule has 2 unspecified atom stereocenters. The van der Waals surface area contributed by atoms with Crippen LogP contribution in [0.5, 0.6) is 0 Å². The molecular weight excluding hydrogens is 947 g/mol. The number of rotatable bonds is 64. The second kappa shape index (κ2) is 66.3. The molecule has 2 atom stereocenters. The van der Waals surface area contributed by atoms with Crippen molar-refractivity contribution < 1.29 is 24.5 Å². The van der Waals surface area contributed by atoms with E-state index in [1.165, 1.54) is 289 Å². The van der Waals surface area contributed by atoms with Gasteiger partial charge in [-0.25, -0.2) is 0 Å². The van der Waals surface area contributed by atoms with Crippen molar-refractivity contribution in [1.82, 2.24) is 5.32 Å². The van der Waals surface area contributed by atoms with Gasteiger partial charge < -0.3 is 20.3 Å². The molecule has 0 fully saturated rings. The lowest BCUT2D eigenvalue weighted by Crippen LogP contribution is -2.45. The van der Waals surface area contributed by atoms with Crippen LogP contribution in [0.15, 0.2) is 48.6 Å². The summed E-state index contributed by atoms with van der Waals surface area (Å²) in [7, 11) is 0. The Hall–Kier alpha value is -2.18. The molecule has 3 N–H and O–H groups in total. The standard InChI is InChI=1S/C71H133NO5/c1-3-5-7-9-11-13-15-17-35-39-43-47-51-55-59-63-69(74)68(67-73)72-70(75)64-60-56-52-48-44-40-37-33-31-29-27-25-23-21-19-20-22-24-26-28-30-32-34-38-42-46-50-54-58-62-66-77-71(76)65-61-57-53-49-45-41-36-18-16-14-12-10-8-6-4-2/h12,14,18,20,22,36,59,63,68-69,73-74H,3-11,13,15-17,19,21,23-35,37-58,60-62,64-67H2,1-2H3,(H,72,75)/b14-12-,22-20-,36-18-,63-59+. The van der Waals surface area contributed by atoms with Crippen LogP contribution in [0.3, 0.4) is 0 Å². The van der Waals surface area contributed by atoms with Gasteiger partial charge in [-0.3, -0.25) is 9.59 Å². The molecule has 0 spiro atoms. The number of nitrogens with one attached hydrogen (secondary N) is 1. The van der Waals surface area contributed by atoms with Crippen LogP contribution in [0, 0.1) is 0 Å². The van der Waals surface area contributed by atoms with Crippen molar-refractivity contribution in [1.29, 1.82) is 0 Å². The van der Waals surface area contributed by atoms with E-state index >= 15 is 0 Å². The van der Waals surface area contributed by atoms with Gasteiger partial charge in [-0.05, 0) is 89.9 Å². The van der Waals surface area contributed by atoms with Gasteiger partial charge in [0.05, 0.1) is 25.4 Å². The third kappa shape index (κ3) is 62.9. The highest BCUT2D eigenvalue weighted by molar-refractivity contribution is 5.76. The molecule has 0 rings (SSSR count). The summed E-state index contributed by atoms with van der Waals surface area (Å²) in [5.41, 5.74) is 0. The van der Waals surface area contributed by atoms with E-state index in [2.05, 4.69) is 55.6 Å². The topological polar surface area (TPSA) is 95.9 Å². The number of carbonyl (C=O) groups is 2. The van der Waals surface area contributed by atoms with Gasteiger partial charge in [0.2, 0.25) is 5.91 Å². The first kappa shape index (κ1) is 74.8. The molecule has 0 heterocycles. The van der Waals surface area contributed by atoms with Crippen LogP contribution in [0.2, 0.25) is 0 Å². The van der Waals surface area contributed by atoms with E-state index in [0.29, 0.717) is 19.4 Å². The molecule has 0 radical (unpaired) electrons. The SMILES string of the molecule is CCCCC/C=C\C/C=C\CCCCCCCC(=O)OCCCCCCCCCCCCCC/C=C\CCCCCCCCCCCCCCCCC(=O)NC(CO)C(O)/C=C/CCCCCCCCCCCCCCC. The van der Waals surface area contributed by atoms with Gasteiger partial charge in [-0.1, -0.05) is 313 Å². The van der Waals surface area contributed by atoms with E-state index < -0.39 is 12.1 Å². The molecule has 1 amide bonds. The van der Waals surface area contributed by atoms with Gasteiger partial charge in [0.25, 0.3) is 0 Å². The normalized spacial score (nSPS) is 12.8. The minimum absolute atomic E-state index is 0.00271. The van der Waals surface area contributed by atoms with Crippen molar-refractivity contribution in [3.05, 3.63) is 48.6 Å². The predicted molar refractivity (Wildman–Crippen MR) is 338 cm³/mol. The summed E-state index contributed by atoms with van der Waals surface area (Å²) in [4.78, 5) is 24.5. The highest BCUT2D eigenvalue weighted by atomic mass is 16.5. The van der Waals surface area contributed by atoms with Gasteiger partial charge in [0.15, 0.2) is 0 Å². The molecule has 6 heteroatoms. The van der Waals surface area contributed by atoms with Crippen molar-refractivity contribution in [2.75, 3.05) is 13.2 Å². The maximum absolute atomic E-state index is 12.5. The number of aliphatic hydroxyl groups excluding tert-OH is 2. The highest BCUT2D eigenvalue weighted by Crippen LogP contribution is 2.18. The average Bonchev–Trinajstić information content (AvgIpc) is 3.43. The number of allylic oxidation sites excluding steroid dienone is 7. The molecule has 0 aliphatic rings. The largest absolute Gasteiger partial charge is 0.466 e. The molecule has 0 aromatic heterocycles. The highest BCUT2D eigenvalue weighted by Gasteiger charge is 2.18. The Morgan fingerprint density at radius 1 is 0.364 bits per heavy atom. The van der Waals surface area contributed by atoms with Gasteiger partial charge in [0, 0.05) is 12.8 Å². The van der Waals surface area contributed by atoms with Crippen LogP contribution in [-0.2, 0) is 14.3 Å².